The van der Waals surface area contributed by atoms with Gasteiger partial charge in [-0.1, -0.05) is 12.1 Å². The number of carbonyl (C=O) groups is 2. The molecule has 1 unspecified atom stereocenters. The molecular formula is C19H18FN5O2. The summed E-state index contributed by atoms with van der Waals surface area (Å²) in [5.74, 6) is -1.64. The van der Waals surface area contributed by atoms with Crippen molar-refractivity contribution in [3.05, 3.63) is 65.7 Å². The van der Waals surface area contributed by atoms with Crippen LogP contribution in [0.25, 0.3) is 5.52 Å². The van der Waals surface area contributed by atoms with E-state index in [4.69, 9.17) is 11.5 Å². The lowest BCUT2D eigenvalue weighted by Crippen LogP contribution is -2.28. The van der Waals surface area contributed by atoms with Crippen molar-refractivity contribution in [2.24, 2.45) is 17.4 Å². The van der Waals surface area contributed by atoms with E-state index in [-0.39, 0.29) is 23.7 Å². The number of hydrogen-bond acceptors (Lipinski definition) is 4. The molecule has 0 spiro atoms. The molecule has 2 aromatic heterocycles. The van der Waals surface area contributed by atoms with Gasteiger partial charge in [-0.3, -0.25) is 9.59 Å². The maximum Gasteiger partial charge on any atom is 0.252 e. The SMILES string of the molecule is NC(=O)c1cnn2ccc(N3C[C@@H](C(N)=O)CC3c3cccc(F)c3)cc12. The summed E-state index contributed by atoms with van der Waals surface area (Å²) in [6, 6.07) is 9.74. The first-order chi connectivity index (χ1) is 12.9. The Kier molecular flexibility index (Phi) is 4.02. The minimum atomic E-state index is -0.569. The summed E-state index contributed by atoms with van der Waals surface area (Å²) in [4.78, 5) is 25.4. The van der Waals surface area contributed by atoms with Gasteiger partial charge in [0.15, 0.2) is 0 Å². The Balaban J connectivity index is 1.79. The van der Waals surface area contributed by atoms with E-state index in [0.29, 0.717) is 24.0 Å². The average Bonchev–Trinajstić information content (AvgIpc) is 3.25. The first-order valence-electron chi connectivity index (χ1n) is 8.52. The zero-order valence-electron chi connectivity index (χ0n) is 14.4. The Bertz CT molecular complexity index is 1050. The zero-order chi connectivity index (χ0) is 19.1. The van der Waals surface area contributed by atoms with Gasteiger partial charge in [0.05, 0.1) is 29.2 Å². The number of benzene rings is 1. The van der Waals surface area contributed by atoms with Crippen LogP contribution in [-0.2, 0) is 4.79 Å². The molecule has 0 aliphatic carbocycles. The van der Waals surface area contributed by atoms with Gasteiger partial charge in [-0.05, 0) is 36.2 Å². The molecule has 1 aromatic carbocycles. The number of amides is 2. The van der Waals surface area contributed by atoms with E-state index >= 15 is 0 Å². The standard InChI is InChI=1S/C19H18FN5O2/c20-13-3-1-2-11(6-13)16-7-12(18(21)26)10-24(16)14-4-5-25-17(8-14)15(9-23-25)19(22)27/h1-6,8-9,12,16H,7,10H2,(H2,21,26)(H2,22,27)/t12-,16?/m0/s1. The van der Waals surface area contributed by atoms with Crippen molar-refractivity contribution < 1.29 is 14.0 Å². The number of rotatable bonds is 4. The van der Waals surface area contributed by atoms with Crippen molar-refractivity contribution >= 4 is 23.0 Å². The van der Waals surface area contributed by atoms with Gasteiger partial charge in [0.2, 0.25) is 5.91 Å². The van der Waals surface area contributed by atoms with Crippen LogP contribution < -0.4 is 16.4 Å². The lowest BCUT2D eigenvalue weighted by Gasteiger charge is -2.27. The van der Waals surface area contributed by atoms with Crippen molar-refractivity contribution in [1.82, 2.24) is 9.61 Å². The number of nitrogens with two attached hydrogens (primary N) is 2. The Morgan fingerprint density at radius 2 is 2.00 bits per heavy atom. The number of pyridine rings is 1. The molecule has 8 heteroatoms. The highest BCUT2D eigenvalue weighted by molar-refractivity contribution is 6.00. The van der Waals surface area contributed by atoms with E-state index < -0.39 is 5.91 Å². The molecule has 1 fully saturated rings. The van der Waals surface area contributed by atoms with Gasteiger partial charge in [-0.15, -0.1) is 0 Å². The summed E-state index contributed by atoms with van der Waals surface area (Å²) in [7, 11) is 0. The van der Waals surface area contributed by atoms with Gasteiger partial charge < -0.3 is 16.4 Å². The Labute approximate surface area is 154 Å². The number of halogens is 1. The van der Waals surface area contributed by atoms with Crippen molar-refractivity contribution in [2.75, 3.05) is 11.4 Å². The highest BCUT2D eigenvalue weighted by Crippen LogP contribution is 2.39. The minimum absolute atomic E-state index is 0.208. The van der Waals surface area contributed by atoms with Crippen LogP contribution in [-0.4, -0.2) is 28.0 Å². The van der Waals surface area contributed by atoms with Crippen LogP contribution in [0.2, 0.25) is 0 Å². The van der Waals surface area contributed by atoms with E-state index in [1.165, 1.54) is 18.3 Å². The first-order valence-corrected chi connectivity index (χ1v) is 8.52. The van der Waals surface area contributed by atoms with Crippen LogP contribution in [0.1, 0.15) is 28.4 Å². The van der Waals surface area contributed by atoms with E-state index in [1.54, 1.807) is 22.8 Å². The van der Waals surface area contributed by atoms with Gasteiger partial charge in [-0.2, -0.15) is 5.10 Å². The first kappa shape index (κ1) is 17.0. The summed E-state index contributed by atoms with van der Waals surface area (Å²) in [5, 5.41) is 4.11. The predicted octanol–water partition coefficient (Wildman–Crippen LogP) is 1.63. The molecule has 2 atom stereocenters. The van der Waals surface area contributed by atoms with Crippen LogP contribution in [0.15, 0.2) is 48.8 Å². The number of carbonyl (C=O) groups excluding carboxylic acids is 2. The third-order valence-electron chi connectivity index (χ3n) is 5.04. The van der Waals surface area contributed by atoms with Gasteiger partial charge in [0.25, 0.3) is 5.91 Å². The predicted molar refractivity (Wildman–Crippen MR) is 97.5 cm³/mol. The monoisotopic (exact) mass is 367 g/mol. The molecule has 0 saturated carbocycles. The summed E-state index contributed by atoms with van der Waals surface area (Å²) in [6.07, 6.45) is 3.63. The third kappa shape index (κ3) is 2.99. The van der Waals surface area contributed by atoms with E-state index in [9.17, 15) is 14.0 Å². The van der Waals surface area contributed by atoms with Crippen molar-refractivity contribution in [1.29, 1.82) is 0 Å². The van der Waals surface area contributed by atoms with Crippen LogP contribution in [0, 0.1) is 11.7 Å². The van der Waals surface area contributed by atoms with Gasteiger partial charge >= 0.3 is 0 Å². The van der Waals surface area contributed by atoms with Gasteiger partial charge in [0, 0.05) is 18.4 Å². The molecule has 3 heterocycles. The molecule has 3 aromatic rings. The fourth-order valence-corrected chi connectivity index (χ4v) is 3.70. The number of hydrogen-bond donors (Lipinski definition) is 2. The average molecular weight is 367 g/mol. The maximum absolute atomic E-state index is 13.7. The molecule has 2 amide bonds. The molecule has 1 aliphatic rings. The Hall–Kier alpha value is -3.42. The normalized spacial score (nSPS) is 19.5. The highest BCUT2D eigenvalue weighted by Gasteiger charge is 2.36. The van der Waals surface area contributed by atoms with Gasteiger partial charge in [-0.25, -0.2) is 8.91 Å². The van der Waals surface area contributed by atoms with E-state index in [2.05, 4.69) is 5.10 Å². The van der Waals surface area contributed by atoms with Crippen molar-refractivity contribution in [3.8, 4) is 0 Å². The number of nitrogens with zero attached hydrogens (tertiary/aromatic N) is 3. The quantitative estimate of drug-likeness (QED) is 0.731. The molecule has 4 N–H and O–H groups in total. The summed E-state index contributed by atoms with van der Waals surface area (Å²) >= 11 is 0. The second-order valence-corrected chi connectivity index (χ2v) is 6.70. The molecule has 27 heavy (non-hydrogen) atoms. The lowest BCUT2D eigenvalue weighted by atomic mass is 9.99. The van der Waals surface area contributed by atoms with E-state index in [1.807, 2.05) is 17.0 Å². The number of anilines is 1. The van der Waals surface area contributed by atoms with Crippen LogP contribution in [0.4, 0.5) is 10.1 Å². The molecule has 138 valence electrons. The maximum atomic E-state index is 13.7. The molecule has 4 rings (SSSR count). The fourth-order valence-electron chi connectivity index (χ4n) is 3.70. The van der Waals surface area contributed by atoms with Crippen LogP contribution in [0.3, 0.4) is 0 Å². The third-order valence-corrected chi connectivity index (χ3v) is 5.04. The summed E-state index contributed by atoms with van der Waals surface area (Å²) in [6.45, 7) is 0.409. The molecule has 0 bridgehead atoms. The van der Waals surface area contributed by atoms with Crippen LogP contribution >= 0.6 is 0 Å². The highest BCUT2D eigenvalue weighted by atomic mass is 19.1. The van der Waals surface area contributed by atoms with Crippen LogP contribution in [0.5, 0.6) is 0 Å². The topological polar surface area (TPSA) is 107 Å². The van der Waals surface area contributed by atoms with Crippen molar-refractivity contribution in [3.63, 3.8) is 0 Å². The Morgan fingerprint density at radius 3 is 2.70 bits per heavy atom. The largest absolute Gasteiger partial charge is 0.369 e. The van der Waals surface area contributed by atoms with E-state index in [0.717, 1.165) is 11.3 Å². The fraction of sp³-hybridized carbons (Fsp3) is 0.211. The second-order valence-electron chi connectivity index (χ2n) is 6.70. The molecule has 1 aliphatic heterocycles. The summed E-state index contributed by atoms with van der Waals surface area (Å²) < 4.78 is 15.3. The number of fused-ring (bicyclic) bond motifs is 1. The smallest absolute Gasteiger partial charge is 0.252 e. The number of aromatic nitrogens is 2. The second kappa shape index (κ2) is 6.39. The van der Waals surface area contributed by atoms with Gasteiger partial charge in [0.1, 0.15) is 5.82 Å². The zero-order valence-corrected chi connectivity index (χ0v) is 14.4. The molecular weight excluding hydrogens is 349 g/mol. The molecule has 7 nitrogen and oxygen atoms in total. The minimum Gasteiger partial charge on any atom is -0.369 e. The van der Waals surface area contributed by atoms with Crippen molar-refractivity contribution in [2.45, 2.75) is 12.5 Å². The molecule has 0 radical (unpaired) electrons. The molecule has 1 saturated heterocycles. The summed E-state index contributed by atoms with van der Waals surface area (Å²) in [5.41, 5.74) is 13.4. The lowest BCUT2D eigenvalue weighted by molar-refractivity contribution is -0.121. The number of primary amides is 2. The Morgan fingerprint density at radius 1 is 1.19 bits per heavy atom.